The van der Waals surface area contributed by atoms with Gasteiger partial charge in [-0.15, -0.1) is 0 Å². The number of carboxylic acids is 1. The van der Waals surface area contributed by atoms with Crippen LogP contribution in [0.15, 0.2) is 0 Å². The molecule has 1 fully saturated rings. The molecule has 0 aromatic heterocycles. The zero-order valence-corrected chi connectivity index (χ0v) is 9.97. The molecular weight excluding hydrogens is 210 g/mol. The van der Waals surface area contributed by atoms with Crippen LogP contribution in [-0.2, 0) is 14.3 Å². The molecule has 16 heavy (non-hydrogen) atoms. The SMILES string of the molecule is CC1OCCC1C(=O)N(CC(=O)O)C(C)C. The van der Waals surface area contributed by atoms with Gasteiger partial charge in [0.15, 0.2) is 0 Å². The van der Waals surface area contributed by atoms with Crippen LogP contribution in [0, 0.1) is 5.92 Å². The highest BCUT2D eigenvalue weighted by atomic mass is 16.5. The molecular formula is C11H19NO4. The van der Waals surface area contributed by atoms with Gasteiger partial charge in [0.2, 0.25) is 5.91 Å². The van der Waals surface area contributed by atoms with Crippen LogP contribution >= 0.6 is 0 Å². The molecule has 0 bridgehead atoms. The number of carbonyl (C=O) groups is 2. The fraction of sp³-hybridized carbons (Fsp3) is 0.818. The Labute approximate surface area is 95.4 Å². The summed E-state index contributed by atoms with van der Waals surface area (Å²) in [6, 6.07) is -0.101. The molecule has 1 aliphatic rings. The lowest BCUT2D eigenvalue weighted by molar-refractivity contribution is -0.148. The molecule has 2 atom stereocenters. The van der Waals surface area contributed by atoms with Crippen LogP contribution in [0.3, 0.4) is 0 Å². The van der Waals surface area contributed by atoms with Crippen molar-refractivity contribution in [3.05, 3.63) is 0 Å². The first kappa shape index (κ1) is 13.0. The number of nitrogens with zero attached hydrogens (tertiary/aromatic N) is 1. The van der Waals surface area contributed by atoms with Crippen molar-refractivity contribution in [2.45, 2.75) is 39.3 Å². The molecule has 0 spiro atoms. The molecule has 1 rings (SSSR count). The zero-order valence-electron chi connectivity index (χ0n) is 9.97. The summed E-state index contributed by atoms with van der Waals surface area (Å²) >= 11 is 0. The monoisotopic (exact) mass is 229 g/mol. The van der Waals surface area contributed by atoms with Crippen LogP contribution in [0.2, 0.25) is 0 Å². The Hall–Kier alpha value is -1.10. The van der Waals surface area contributed by atoms with E-state index in [0.29, 0.717) is 13.0 Å². The zero-order chi connectivity index (χ0) is 12.3. The van der Waals surface area contributed by atoms with Gasteiger partial charge in [0.1, 0.15) is 6.54 Å². The number of hydrogen-bond acceptors (Lipinski definition) is 3. The van der Waals surface area contributed by atoms with E-state index < -0.39 is 5.97 Å². The fourth-order valence-electron chi connectivity index (χ4n) is 1.93. The lowest BCUT2D eigenvalue weighted by Crippen LogP contribution is -2.45. The van der Waals surface area contributed by atoms with Gasteiger partial charge >= 0.3 is 5.97 Å². The van der Waals surface area contributed by atoms with Gasteiger partial charge < -0.3 is 14.7 Å². The Bertz CT molecular complexity index is 277. The Morgan fingerprint density at radius 1 is 1.50 bits per heavy atom. The molecule has 1 N–H and O–H groups in total. The average Bonchev–Trinajstić information content (AvgIpc) is 2.59. The molecule has 92 valence electrons. The fourth-order valence-corrected chi connectivity index (χ4v) is 1.93. The van der Waals surface area contributed by atoms with E-state index in [1.807, 2.05) is 20.8 Å². The molecule has 0 aliphatic carbocycles. The second-order valence-electron chi connectivity index (χ2n) is 4.42. The van der Waals surface area contributed by atoms with E-state index in [4.69, 9.17) is 9.84 Å². The van der Waals surface area contributed by atoms with Gasteiger partial charge in [-0.1, -0.05) is 0 Å². The van der Waals surface area contributed by atoms with Gasteiger partial charge in [0, 0.05) is 12.6 Å². The minimum absolute atomic E-state index is 0.101. The van der Waals surface area contributed by atoms with E-state index in [1.165, 1.54) is 4.90 Å². The third kappa shape index (κ3) is 2.95. The van der Waals surface area contributed by atoms with Crippen molar-refractivity contribution < 1.29 is 19.4 Å². The van der Waals surface area contributed by atoms with Gasteiger partial charge in [0.05, 0.1) is 12.0 Å². The lowest BCUT2D eigenvalue weighted by atomic mass is 10.0. The molecule has 0 aromatic carbocycles. The highest BCUT2D eigenvalue weighted by Gasteiger charge is 2.35. The van der Waals surface area contributed by atoms with Gasteiger partial charge in [0.25, 0.3) is 0 Å². The first-order valence-corrected chi connectivity index (χ1v) is 5.57. The third-order valence-corrected chi connectivity index (χ3v) is 2.91. The van der Waals surface area contributed by atoms with Crippen LogP contribution in [0.4, 0.5) is 0 Å². The van der Waals surface area contributed by atoms with Crippen molar-refractivity contribution in [1.82, 2.24) is 4.90 Å². The van der Waals surface area contributed by atoms with Crippen LogP contribution in [0.1, 0.15) is 27.2 Å². The highest BCUT2D eigenvalue weighted by molar-refractivity contribution is 5.84. The number of carboxylic acid groups (broad SMARTS) is 1. The van der Waals surface area contributed by atoms with E-state index >= 15 is 0 Å². The van der Waals surface area contributed by atoms with Crippen LogP contribution < -0.4 is 0 Å². The van der Waals surface area contributed by atoms with Gasteiger partial charge in [-0.25, -0.2) is 0 Å². The molecule has 0 radical (unpaired) electrons. The van der Waals surface area contributed by atoms with Crippen LogP contribution in [-0.4, -0.2) is 47.2 Å². The summed E-state index contributed by atoms with van der Waals surface area (Å²) in [5.41, 5.74) is 0. The van der Waals surface area contributed by atoms with Gasteiger partial charge in [-0.3, -0.25) is 9.59 Å². The Kier molecular flexibility index (Phi) is 4.29. The maximum Gasteiger partial charge on any atom is 0.323 e. The first-order chi connectivity index (χ1) is 7.43. The van der Waals surface area contributed by atoms with Crippen molar-refractivity contribution in [2.24, 2.45) is 5.92 Å². The van der Waals surface area contributed by atoms with E-state index in [-0.39, 0.29) is 30.5 Å². The number of ether oxygens (including phenoxy) is 1. The summed E-state index contributed by atoms with van der Waals surface area (Å²) in [4.78, 5) is 24.2. The summed E-state index contributed by atoms with van der Waals surface area (Å²) in [7, 11) is 0. The quantitative estimate of drug-likeness (QED) is 0.771. The topological polar surface area (TPSA) is 66.8 Å². The molecule has 1 amide bonds. The van der Waals surface area contributed by atoms with Gasteiger partial charge in [-0.2, -0.15) is 0 Å². The smallest absolute Gasteiger partial charge is 0.323 e. The Morgan fingerprint density at radius 2 is 2.12 bits per heavy atom. The van der Waals surface area contributed by atoms with Crippen molar-refractivity contribution in [3.8, 4) is 0 Å². The van der Waals surface area contributed by atoms with E-state index in [1.54, 1.807) is 0 Å². The molecule has 1 aliphatic heterocycles. The molecule has 0 saturated carbocycles. The van der Waals surface area contributed by atoms with Crippen molar-refractivity contribution in [1.29, 1.82) is 0 Å². The maximum absolute atomic E-state index is 12.1. The molecule has 2 unspecified atom stereocenters. The Morgan fingerprint density at radius 3 is 2.50 bits per heavy atom. The minimum atomic E-state index is -0.978. The normalized spacial score (nSPS) is 24.8. The summed E-state index contributed by atoms with van der Waals surface area (Å²) in [6.07, 6.45) is 0.575. The predicted molar refractivity (Wildman–Crippen MR) is 58.0 cm³/mol. The minimum Gasteiger partial charge on any atom is -0.480 e. The second-order valence-corrected chi connectivity index (χ2v) is 4.42. The van der Waals surface area contributed by atoms with Crippen molar-refractivity contribution >= 4 is 11.9 Å². The summed E-state index contributed by atoms with van der Waals surface area (Å²) < 4.78 is 5.33. The summed E-state index contributed by atoms with van der Waals surface area (Å²) in [5.74, 6) is -1.28. The number of amides is 1. The molecule has 1 heterocycles. The highest BCUT2D eigenvalue weighted by Crippen LogP contribution is 2.23. The standard InChI is InChI=1S/C11H19NO4/c1-7(2)12(6-10(13)14)11(15)9-4-5-16-8(9)3/h7-9H,4-6H2,1-3H3,(H,13,14). The number of aliphatic carboxylic acids is 1. The van der Waals surface area contributed by atoms with Crippen LogP contribution in [0.5, 0.6) is 0 Å². The maximum atomic E-state index is 12.1. The predicted octanol–water partition coefficient (Wildman–Crippen LogP) is 0.733. The van der Waals surface area contributed by atoms with Crippen molar-refractivity contribution in [3.63, 3.8) is 0 Å². The third-order valence-electron chi connectivity index (χ3n) is 2.91. The molecule has 5 heteroatoms. The van der Waals surface area contributed by atoms with E-state index in [2.05, 4.69) is 0 Å². The lowest BCUT2D eigenvalue weighted by Gasteiger charge is -2.28. The van der Waals surface area contributed by atoms with Gasteiger partial charge in [-0.05, 0) is 27.2 Å². The summed E-state index contributed by atoms with van der Waals surface area (Å²) in [6.45, 7) is 5.84. The van der Waals surface area contributed by atoms with Crippen LogP contribution in [0.25, 0.3) is 0 Å². The summed E-state index contributed by atoms with van der Waals surface area (Å²) in [5, 5.41) is 8.77. The number of hydrogen-bond donors (Lipinski definition) is 1. The average molecular weight is 229 g/mol. The van der Waals surface area contributed by atoms with E-state index in [0.717, 1.165) is 0 Å². The molecule has 0 aromatic rings. The largest absolute Gasteiger partial charge is 0.480 e. The Balaban J connectivity index is 2.70. The number of carbonyl (C=O) groups excluding carboxylic acids is 1. The van der Waals surface area contributed by atoms with E-state index in [9.17, 15) is 9.59 Å². The first-order valence-electron chi connectivity index (χ1n) is 5.57. The molecule has 5 nitrogen and oxygen atoms in total. The molecule has 1 saturated heterocycles. The second kappa shape index (κ2) is 5.30. The van der Waals surface area contributed by atoms with Crippen molar-refractivity contribution in [2.75, 3.05) is 13.2 Å². The number of rotatable bonds is 4.